The summed E-state index contributed by atoms with van der Waals surface area (Å²) in [6, 6.07) is 13.7. The molecule has 2 heterocycles. The standard InChI is InChI=1S/C20H16F2N4/c21-16-6-7-17(22)20-19(16)18(9-11-24-20)23-10-8-14-12-25-26(13-14)15-4-2-1-3-5-15/h1-7,9,11-13H,8,10H2,(H,23,24). The Labute approximate surface area is 149 Å². The molecule has 0 aliphatic rings. The van der Waals surface area contributed by atoms with E-state index in [1.165, 1.54) is 6.20 Å². The van der Waals surface area contributed by atoms with Crippen LogP contribution in [-0.4, -0.2) is 21.3 Å². The minimum Gasteiger partial charge on any atom is -0.384 e. The molecule has 2 aromatic heterocycles. The number of aromatic nitrogens is 3. The number of hydrogen-bond acceptors (Lipinski definition) is 3. The van der Waals surface area contributed by atoms with Crippen molar-refractivity contribution in [3.63, 3.8) is 0 Å². The van der Waals surface area contributed by atoms with E-state index in [9.17, 15) is 8.78 Å². The molecule has 1 N–H and O–H groups in total. The second-order valence-electron chi connectivity index (χ2n) is 5.92. The van der Waals surface area contributed by atoms with Gasteiger partial charge in [0.2, 0.25) is 0 Å². The van der Waals surface area contributed by atoms with E-state index in [-0.39, 0.29) is 10.9 Å². The van der Waals surface area contributed by atoms with Crippen LogP contribution in [0.5, 0.6) is 0 Å². The Balaban J connectivity index is 1.48. The highest BCUT2D eigenvalue weighted by Crippen LogP contribution is 2.26. The third kappa shape index (κ3) is 3.13. The monoisotopic (exact) mass is 350 g/mol. The Morgan fingerprint density at radius 1 is 0.962 bits per heavy atom. The van der Waals surface area contributed by atoms with E-state index in [1.807, 2.05) is 41.2 Å². The summed E-state index contributed by atoms with van der Waals surface area (Å²) in [6.45, 7) is 0.565. The molecule has 0 saturated carbocycles. The maximum atomic E-state index is 14.1. The van der Waals surface area contributed by atoms with Crippen molar-refractivity contribution in [3.8, 4) is 5.69 Å². The Hall–Kier alpha value is -3.28. The molecule has 0 bridgehead atoms. The summed E-state index contributed by atoms with van der Waals surface area (Å²) in [5, 5.41) is 7.70. The molecule has 0 spiro atoms. The van der Waals surface area contributed by atoms with Crippen LogP contribution in [0.2, 0.25) is 0 Å². The van der Waals surface area contributed by atoms with E-state index in [2.05, 4.69) is 15.4 Å². The first-order valence-corrected chi connectivity index (χ1v) is 8.28. The van der Waals surface area contributed by atoms with Crippen molar-refractivity contribution < 1.29 is 8.78 Å². The lowest BCUT2D eigenvalue weighted by atomic mass is 10.1. The van der Waals surface area contributed by atoms with Crippen molar-refractivity contribution in [3.05, 3.63) is 84.3 Å². The minimum atomic E-state index is -0.533. The number of para-hydroxylation sites is 1. The Morgan fingerprint density at radius 3 is 2.62 bits per heavy atom. The quantitative estimate of drug-likeness (QED) is 0.582. The number of fused-ring (bicyclic) bond motifs is 1. The zero-order valence-electron chi connectivity index (χ0n) is 13.9. The summed E-state index contributed by atoms with van der Waals surface area (Å²) in [5.74, 6) is -1.02. The highest BCUT2D eigenvalue weighted by molar-refractivity contribution is 5.91. The summed E-state index contributed by atoms with van der Waals surface area (Å²) < 4.78 is 29.7. The van der Waals surface area contributed by atoms with Crippen LogP contribution in [0.15, 0.2) is 67.1 Å². The van der Waals surface area contributed by atoms with Gasteiger partial charge in [-0.15, -0.1) is 0 Å². The minimum absolute atomic E-state index is 0.0342. The second kappa shape index (κ2) is 6.92. The summed E-state index contributed by atoms with van der Waals surface area (Å²) in [4.78, 5) is 3.94. The molecule has 0 saturated heterocycles. The third-order valence-electron chi connectivity index (χ3n) is 4.18. The molecular formula is C20H16F2N4. The van der Waals surface area contributed by atoms with Gasteiger partial charge in [-0.3, -0.25) is 4.98 Å². The van der Waals surface area contributed by atoms with E-state index in [0.29, 0.717) is 18.7 Å². The number of halogens is 2. The number of benzene rings is 2. The van der Waals surface area contributed by atoms with Crippen LogP contribution >= 0.6 is 0 Å². The normalized spacial score (nSPS) is 11.0. The van der Waals surface area contributed by atoms with Gasteiger partial charge in [0.1, 0.15) is 17.2 Å². The number of nitrogens with zero attached hydrogens (tertiary/aromatic N) is 3. The fraction of sp³-hybridized carbons (Fsp3) is 0.100. The van der Waals surface area contributed by atoms with Crippen molar-refractivity contribution in [1.82, 2.24) is 14.8 Å². The summed E-state index contributed by atoms with van der Waals surface area (Å²) in [7, 11) is 0. The molecule has 4 rings (SSSR count). The highest BCUT2D eigenvalue weighted by atomic mass is 19.1. The lowest BCUT2D eigenvalue weighted by Crippen LogP contribution is -2.06. The van der Waals surface area contributed by atoms with E-state index in [1.54, 1.807) is 12.3 Å². The van der Waals surface area contributed by atoms with Gasteiger partial charge in [-0.2, -0.15) is 5.10 Å². The Kier molecular flexibility index (Phi) is 4.31. The number of rotatable bonds is 5. The number of pyridine rings is 1. The smallest absolute Gasteiger partial charge is 0.149 e. The topological polar surface area (TPSA) is 42.7 Å². The average Bonchev–Trinajstić information content (AvgIpc) is 3.14. The third-order valence-corrected chi connectivity index (χ3v) is 4.18. The molecule has 4 aromatic rings. The van der Waals surface area contributed by atoms with Gasteiger partial charge in [-0.25, -0.2) is 13.5 Å². The SMILES string of the molecule is Fc1ccc(F)c2c(NCCc3cnn(-c4ccccc4)c3)ccnc12. The molecule has 26 heavy (non-hydrogen) atoms. The van der Waals surface area contributed by atoms with Crippen molar-refractivity contribution in [1.29, 1.82) is 0 Å². The fourth-order valence-corrected chi connectivity index (χ4v) is 2.89. The highest BCUT2D eigenvalue weighted by Gasteiger charge is 2.11. The van der Waals surface area contributed by atoms with Gasteiger partial charge in [0, 0.05) is 24.6 Å². The molecule has 0 aliphatic carbocycles. The van der Waals surface area contributed by atoms with Gasteiger partial charge in [0.25, 0.3) is 0 Å². The zero-order chi connectivity index (χ0) is 17.9. The molecule has 4 nitrogen and oxygen atoms in total. The average molecular weight is 350 g/mol. The van der Waals surface area contributed by atoms with Crippen LogP contribution in [0, 0.1) is 11.6 Å². The molecule has 6 heteroatoms. The number of anilines is 1. The van der Waals surface area contributed by atoms with E-state index in [4.69, 9.17) is 0 Å². The fourth-order valence-electron chi connectivity index (χ4n) is 2.89. The van der Waals surface area contributed by atoms with Gasteiger partial charge >= 0.3 is 0 Å². The predicted octanol–water partition coefficient (Wildman–Crippen LogP) is 4.35. The van der Waals surface area contributed by atoms with E-state index >= 15 is 0 Å². The van der Waals surface area contributed by atoms with Crippen molar-refractivity contribution >= 4 is 16.6 Å². The van der Waals surface area contributed by atoms with Crippen LogP contribution in [-0.2, 0) is 6.42 Å². The van der Waals surface area contributed by atoms with Gasteiger partial charge in [0.15, 0.2) is 0 Å². The van der Waals surface area contributed by atoms with Crippen molar-refractivity contribution in [2.24, 2.45) is 0 Å². The Morgan fingerprint density at radius 2 is 1.77 bits per heavy atom. The number of hydrogen-bond donors (Lipinski definition) is 1. The molecule has 0 fully saturated rings. The molecule has 0 amide bonds. The van der Waals surface area contributed by atoms with Crippen LogP contribution in [0.3, 0.4) is 0 Å². The largest absolute Gasteiger partial charge is 0.384 e. The van der Waals surface area contributed by atoms with Crippen molar-refractivity contribution in [2.45, 2.75) is 6.42 Å². The summed E-state index contributed by atoms with van der Waals surface area (Å²) in [6.07, 6.45) is 5.94. The summed E-state index contributed by atoms with van der Waals surface area (Å²) >= 11 is 0. The van der Waals surface area contributed by atoms with Gasteiger partial charge in [-0.05, 0) is 42.3 Å². The first-order valence-electron chi connectivity index (χ1n) is 8.28. The lowest BCUT2D eigenvalue weighted by Gasteiger charge is -2.10. The number of nitrogens with one attached hydrogen (secondary N) is 1. The molecule has 0 aliphatic heterocycles. The molecular weight excluding hydrogens is 334 g/mol. The van der Waals surface area contributed by atoms with Crippen LogP contribution < -0.4 is 5.32 Å². The maximum Gasteiger partial charge on any atom is 0.149 e. The van der Waals surface area contributed by atoms with Gasteiger partial charge in [-0.1, -0.05) is 18.2 Å². The molecule has 0 unspecified atom stereocenters. The first-order chi connectivity index (χ1) is 12.7. The Bertz CT molecular complexity index is 1040. The maximum absolute atomic E-state index is 14.1. The van der Waals surface area contributed by atoms with Gasteiger partial charge in [0.05, 0.1) is 17.3 Å². The lowest BCUT2D eigenvalue weighted by molar-refractivity contribution is 0.615. The molecule has 2 aromatic carbocycles. The van der Waals surface area contributed by atoms with Crippen LogP contribution in [0.4, 0.5) is 14.5 Å². The van der Waals surface area contributed by atoms with E-state index < -0.39 is 11.6 Å². The molecule has 0 radical (unpaired) electrons. The van der Waals surface area contributed by atoms with Crippen LogP contribution in [0.1, 0.15) is 5.56 Å². The van der Waals surface area contributed by atoms with E-state index in [0.717, 1.165) is 23.4 Å². The van der Waals surface area contributed by atoms with Gasteiger partial charge < -0.3 is 5.32 Å². The van der Waals surface area contributed by atoms with Crippen LogP contribution in [0.25, 0.3) is 16.6 Å². The first kappa shape index (κ1) is 16.2. The molecule has 130 valence electrons. The summed E-state index contributed by atoms with van der Waals surface area (Å²) in [5.41, 5.74) is 2.60. The molecule has 0 atom stereocenters. The predicted molar refractivity (Wildman–Crippen MR) is 97.4 cm³/mol. The zero-order valence-corrected chi connectivity index (χ0v) is 13.9. The van der Waals surface area contributed by atoms with Crippen molar-refractivity contribution in [2.75, 3.05) is 11.9 Å². The second-order valence-corrected chi connectivity index (χ2v) is 5.92.